The second-order valence-corrected chi connectivity index (χ2v) is 5.52. The Bertz CT molecular complexity index is 1040. The van der Waals surface area contributed by atoms with Crippen molar-refractivity contribution in [3.8, 4) is 17.1 Å². The minimum absolute atomic E-state index is 0.0515. The first kappa shape index (κ1) is 18.1. The van der Waals surface area contributed by atoms with Crippen LogP contribution in [-0.4, -0.2) is 17.8 Å². The van der Waals surface area contributed by atoms with Crippen LogP contribution < -0.4 is 4.74 Å². The number of furan rings is 1. The smallest absolute Gasteiger partial charge is 0.280 e. The van der Waals surface area contributed by atoms with Gasteiger partial charge < -0.3 is 9.15 Å². The minimum Gasteiger partial charge on any atom is -0.494 e. The average Bonchev–Trinajstić information content (AvgIpc) is 3.15. The van der Waals surface area contributed by atoms with Crippen LogP contribution in [0.3, 0.4) is 0 Å². The SMILES string of the molecule is COc1ccc(C(=O)/C=C/c2ccc(-c3ccccc3[N+](=O)[O-])o2)cc1F. The van der Waals surface area contributed by atoms with Crippen LogP contribution in [-0.2, 0) is 0 Å². The molecule has 3 aromatic rings. The number of ketones is 1. The number of nitro benzene ring substituents is 1. The standard InChI is InChI=1S/C20H14FNO5/c1-26-20-10-6-13(12-16(20)21)18(23)9-7-14-8-11-19(27-14)15-4-2-3-5-17(15)22(24)25/h2-12H,1H3/b9-7+. The summed E-state index contributed by atoms with van der Waals surface area (Å²) in [5.74, 6) is -0.348. The molecule has 0 bridgehead atoms. The maximum atomic E-state index is 13.7. The number of para-hydroxylation sites is 1. The highest BCUT2D eigenvalue weighted by molar-refractivity contribution is 6.06. The van der Waals surface area contributed by atoms with Crippen molar-refractivity contribution < 1.29 is 23.3 Å². The van der Waals surface area contributed by atoms with Crippen molar-refractivity contribution in [2.75, 3.05) is 7.11 Å². The Morgan fingerprint density at radius 1 is 1.19 bits per heavy atom. The molecule has 7 heteroatoms. The molecule has 0 aliphatic heterocycles. The topological polar surface area (TPSA) is 82.6 Å². The molecule has 0 radical (unpaired) electrons. The highest BCUT2D eigenvalue weighted by Crippen LogP contribution is 2.31. The molecule has 1 heterocycles. The fraction of sp³-hybridized carbons (Fsp3) is 0.0500. The number of nitro groups is 1. The van der Waals surface area contributed by atoms with E-state index >= 15 is 0 Å². The van der Waals surface area contributed by atoms with Gasteiger partial charge in [0.15, 0.2) is 17.3 Å². The summed E-state index contributed by atoms with van der Waals surface area (Å²) < 4.78 is 24.1. The summed E-state index contributed by atoms with van der Waals surface area (Å²) in [7, 11) is 1.34. The Balaban J connectivity index is 1.81. The van der Waals surface area contributed by atoms with Gasteiger partial charge in [-0.1, -0.05) is 12.1 Å². The number of halogens is 1. The number of ether oxygens (including phenoxy) is 1. The van der Waals surface area contributed by atoms with E-state index in [1.807, 2.05) is 0 Å². The molecule has 6 nitrogen and oxygen atoms in total. The molecular weight excluding hydrogens is 353 g/mol. The summed E-state index contributed by atoms with van der Waals surface area (Å²) in [4.78, 5) is 22.8. The van der Waals surface area contributed by atoms with Gasteiger partial charge in [-0.2, -0.15) is 0 Å². The summed E-state index contributed by atoms with van der Waals surface area (Å²) >= 11 is 0. The van der Waals surface area contributed by atoms with Gasteiger partial charge in [-0.25, -0.2) is 4.39 Å². The quantitative estimate of drug-likeness (QED) is 0.268. The summed E-state index contributed by atoms with van der Waals surface area (Å²) in [6, 6.07) is 13.3. The number of carbonyl (C=O) groups is 1. The molecule has 0 fully saturated rings. The van der Waals surface area contributed by atoms with Crippen molar-refractivity contribution in [1.29, 1.82) is 0 Å². The third-order valence-electron chi connectivity index (χ3n) is 3.83. The molecular formula is C20H14FNO5. The van der Waals surface area contributed by atoms with Gasteiger partial charge in [-0.3, -0.25) is 14.9 Å². The van der Waals surface area contributed by atoms with E-state index in [1.54, 1.807) is 30.3 Å². The van der Waals surface area contributed by atoms with E-state index in [0.29, 0.717) is 17.1 Å². The van der Waals surface area contributed by atoms with E-state index in [9.17, 15) is 19.3 Å². The lowest BCUT2D eigenvalue weighted by molar-refractivity contribution is -0.384. The molecule has 136 valence electrons. The molecule has 0 amide bonds. The fourth-order valence-electron chi connectivity index (χ4n) is 2.50. The van der Waals surface area contributed by atoms with Crippen molar-refractivity contribution in [2.45, 2.75) is 0 Å². The second-order valence-electron chi connectivity index (χ2n) is 5.52. The fourth-order valence-corrected chi connectivity index (χ4v) is 2.50. The van der Waals surface area contributed by atoms with Crippen molar-refractivity contribution in [2.24, 2.45) is 0 Å². The molecule has 0 saturated heterocycles. The van der Waals surface area contributed by atoms with Crippen LogP contribution in [0.5, 0.6) is 5.75 Å². The maximum Gasteiger partial charge on any atom is 0.280 e. The maximum absolute atomic E-state index is 13.7. The van der Waals surface area contributed by atoms with E-state index in [4.69, 9.17) is 9.15 Å². The Hall–Kier alpha value is -3.74. The molecule has 2 aromatic carbocycles. The van der Waals surface area contributed by atoms with E-state index in [-0.39, 0.29) is 17.0 Å². The number of methoxy groups -OCH3 is 1. The van der Waals surface area contributed by atoms with Crippen LogP contribution in [0.4, 0.5) is 10.1 Å². The van der Waals surface area contributed by atoms with Gasteiger partial charge in [0.2, 0.25) is 0 Å². The van der Waals surface area contributed by atoms with Crippen LogP contribution in [0, 0.1) is 15.9 Å². The molecule has 0 spiro atoms. The Morgan fingerprint density at radius 2 is 1.96 bits per heavy atom. The van der Waals surface area contributed by atoms with E-state index < -0.39 is 16.5 Å². The van der Waals surface area contributed by atoms with Crippen LogP contribution >= 0.6 is 0 Å². The first-order chi connectivity index (χ1) is 13.0. The first-order valence-corrected chi connectivity index (χ1v) is 7.89. The summed E-state index contributed by atoms with van der Waals surface area (Å²) in [5, 5.41) is 11.1. The molecule has 0 atom stereocenters. The summed E-state index contributed by atoms with van der Waals surface area (Å²) in [5.41, 5.74) is 0.424. The number of rotatable bonds is 6. The van der Waals surface area contributed by atoms with E-state index in [1.165, 1.54) is 37.5 Å². The molecule has 0 N–H and O–H groups in total. The van der Waals surface area contributed by atoms with Gasteiger partial charge in [-0.05, 0) is 48.6 Å². The lowest BCUT2D eigenvalue weighted by Gasteiger charge is -2.02. The van der Waals surface area contributed by atoms with Gasteiger partial charge in [-0.15, -0.1) is 0 Å². The van der Waals surface area contributed by atoms with Crippen LogP contribution in [0.2, 0.25) is 0 Å². The highest BCUT2D eigenvalue weighted by Gasteiger charge is 2.16. The van der Waals surface area contributed by atoms with Crippen molar-refractivity contribution in [1.82, 2.24) is 0 Å². The zero-order chi connectivity index (χ0) is 19.4. The Labute approximate surface area is 153 Å². The minimum atomic E-state index is -0.631. The van der Waals surface area contributed by atoms with Gasteiger partial charge in [0, 0.05) is 11.6 Å². The van der Waals surface area contributed by atoms with Gasteiger partial charge in [0.25, 0.3) is 5.69 Å². The third-order valence-corrected chi connectivity index (χ3v) is 3.83. The summed E-state index contributed by atoms with van der Waals surface area (Å²) in [6.07, 6.45) is 2.66. The van der Waals surface area contributed by atoms with Gasteiger partial charge in [0.1, 0.15) is 11.5 Å². The zero-order valence-corrected chi connectivity index (χ0v) is 14.2. The van der Waals surface area contributed by atoms with E-state index in [2.05, 4.69) is 0 Å². The van der Waals surface area contributed by atoms with Crippen molar-refractivity contribution >= 4 is 17.5 Å². The average molecular weight is 367 g/mol. The lowest BCUT2D eigenvalue weighted by atomic mass is 10.1. The zero-order valence-electron chi connectivity index (χ0n) is 14.2. The monoisotopic (exact) mass is 367 g/mol. The van der Waals surface area contributed by atoms with Crippen molar-refractivity contribution in [3.05, 3.63) is 87.9 Å². The highest BCUT2D eigenvalue weighted by atomic mass is 19.1. The normalized spacial score (nSPS) is 10.9. The van der Waals surface area contributed by atoms with Crippen LogP contribution in [0.1, 0.15) is 16.1 Å². The molecule has 3 rings (SSSR count). The molecule has 0 aliphatic rings. The van der Waals surface area contributed by atoms with Crippen LogP contribution in [0.15, 0.2) is 65.1 Å². The Morgan fingerprint density at radius 3 is 2.67 bits per heavy atom. The van der Waals surface area contributed by atoms with Gasteiger partial charge >= 0.3 is 0 Å². The lowest BCUT2D eigenvalue weighted by Crippen LogP contribution is -1.96. The molecule has 0 unspecified atom stereocenters. The summed E-state index contributed by atoms with van der Waals surface area (Å²) in [6.45, 7) is 0. The number of allylic oxidation sites excluding steroid dienone is 1. The third kappa shape index (κ3) is 3.92. The largest absolute Gasteiger partial charge is 0.494 e. The molecule has 27 heavy (non-hydrogen) atoms. The predicted octanol–water partition coefficient (Wildman–Crippen LogP) is 4.90. The van der Waals surface area contributed by atoms with E-state index in [0.717, 1.165) is 6.07 Å². The second kappa shape index (κ2) is 7.65. The van der Waals surface area contributed by atoms with Crippen LogP contribution in [0.25, 0.3) is 17.4 Å². The molecule has 1 aromatic heterocycles. The van der Waals surface area contributed by atoms with Gasteiger partial charge in [0.05, 0.1) is 17.6 Å². The molecule has 0 aliphatic carbocycles. The molecule has 0 saturated carbocycles. The first-order valence-electron chi connectivity index (χ1n) is 7.89. The number of hydrogen-bond donors (Lipinski definition) is 0. The number of carbonyl (C=O) groups excluding carboxylic acids is 1. The Kier molecular flexibility index (Phi) is 5.12. The van der Waals surface area contributed by atoms with Crippen molar-refractivity contribution in [3.63, 3.8) is 0 Å². The number of hydrogen-bond acceptors (Lipinski definition) is 5. The number of nitrogens with zero attached hydrogens (tertiary/aromatic N) is 1. The number of benzene rings is 2. The predicted molar refractivity (Wildman–Crippen MR) is 97.1 cm³/mol.